The number of hydrogen-bond acceptors (Lipinski definition) is 3. The molecule has 0 amide bonds. The van der Waals surface area contributed by atoms with E-state index >= 15 is 0 Å². The van der Waals surface area contributed by atoms with Crippen molar-refractivity contribution in [3.8, 4) is 0 Å². The van der Waals surface area contributed by atoms with Crippen LogP contribution in [-0.2, 0) is 4.74 Å². The molecule has 1 heterocycles. The van der Waals surface area contributed by atoms with Gasteiger partial charge in [0.25, 0.3) is 0 Å². The van der Waals surface area contributed by atoms with Crippen LogP contribution in [0.2, 0.25) is 0 Å². The lowest BCUT2D eigenvalue weighted by molar-refractivity contribution is 0.264. The minimum Gasteiger partial charge on any atom is -0.464 e. The Morgan fingerprint density at radius 3 is 3.00 bits per heavy atom. The van der Waals surface area contributed by atoms with Crippen molar-refractivity contribution in [3.05, 3.63) is 35.7 Å². The number of nitrogens with two attached hydrogens (primary N) is 1. The first-order valence-corrected chi connectivity index (χ1v) is 5.16. The van der Waals surface area contributed by atoms with Crippen LogP contribution in [0, 0.1) is 0 Å². The minimum atomic E-state index is -0.302. The molecule has 0 aromatic rings. The summed E-state index contributed by atoms with van der Waals surface area (Å²) in [5.41, 5.74) is 5.76. The van der Waals surface area contributed by atoms with E-state index in [0.29, 0.717) is 12.3 Å². The molecule has 0 saturated heterocycles. The predicted octanol–water partition coefficient (Wildman–Crippen LogP) is 1.70. The highest BCUT2D eigenvalue weighted by Crippen LogP contribution is 2.21. The maximum atomic E-state index is 12.9. The number of rotatable bonds is 2. The smallest absolute Gasteiger partial charge is 0.142 e. The maximum Gasteiger partial charge on any atom is 0.142 e. The number of hydrogen-bond donors (Lipinski definition) is 2. The lowest BCUT2D eigenvalue weighted by Gasteiger charge is -2.21. The van der Waals surface area contributed by atoms with E-state index in [4.69, 9.17) is 10.5 Å². The van der Waals surface area contributed by atoms with Crippen LogP contribution in [-0.4, -0.2) is 12.6 Å². The molecule has 0 saturated carbocycles. The predicted molar refractivity (Wildman–Crippen MR) is 56.3 cm³/mol. The Labute approximate surface area is 88.5 Å². The van der Waals surface area contributed by atoms with Crippen molar-refractivity contribution >= 4 is 0 Å². The van der Waals surface area contributed by atoms with Gasteiger partial charge in [-0.2, -0.15) is 0 Å². The number of dihydropyridines is 1. The molecule has 82 valence electrons. The highest BCUT2D eigenvalue weighted by Gasteiger charge is 2.14. The van der Waals surface area contributed by atoms with Crippen LogP contribution in [0.15, 0.2) is 35.7 Å². The van der Waals surface area contributed by atoms with Gasteiger partial charge >= 0.3 is 0 Å². The van der Waals surface area contributed by atoms with E-state index in [2.05, 4.69) is 5.32 Å². The largest absolute Gasteiger partial charge is 0.464 e. The summed E-state index contributed by atoms with van der Waals surface area (Å²) >= 11 is 0. The molecule has 4 heteroatoms. The molecule has 15 heavy (non-hydrogen) atoms. The Morgan fingerprint density at radius 1 is 1.47 bits per heavy atom. The van der Waals surface area contributed by atoms with E-state index in [9.17, 15) is 4.39 Å². The third kappa shape index (κ3) is 2.83. The van der Waals surface area contributed by atoms with Crippen LogP contribution in [0.25, 0.3) is 0 Å². The van der Waals surface area contributed by atoms with Crippen LogP contribution in [0.4, 0.5) is 4.39 Å². The van der Waals surface area contributed by atoms with E-state index in [0.717, 1.165) is 25.0 Å². The molecule has 3 N–H and O–H groups in total. The minimum absolute atomic E-state index is 0.243. The third-order valence-corrected chi connectivity index (χ3v) is 2.49. The molecule has 2 rings (SSSR count). The fourth-order valence-electron chi connectivity index (χ4n) is 1.65. The van der Waals surface area contributed by atoms with E-state index in [-0.39, 0.29) is 11.9 Å². The molecule has 2 aliphatic rings. The zero-order valence-electron chi connectivity index (χ0n) is 8.50. The SMILES string of the molecule is NC1CC=C(OC2=CC(F)=CNC2)CC1. The van der Waals surface area contributed by atoms with E-state index in [1.807, 2.05) is 6.08 Å². The van der Waals surface area contributed by atoms with Gasteiger partial charge in [-0.15, -0.1) is 0 Å². The summed E-state index contributed by atoms with van der Waals surface area (Å²) in [6.45, 7) is 0.539. The third-order valence-electron chi connectivity index (χ3n) is 2.49. The standard InChI is InChI=1S/C11H15FN2O/c12-8-5-11(7-14-6-8)15-10-3-1-9(13)2-4-10/h3,5-6,9,14H,1-2,4,7,13H2. The first-order chi connectivity index (χ1) is 7.24. The summed E-state index contributed by atoms with van der Waals surface area (Å²) < 4.78 is 18.4. The lowest BCUT2D eigenvalue weighted by Crippen LogP contribution is -2.23. The highest BCUT2D eigenvalue weighted by molar-refractivity contribution is 5.21. The average Bonchev–Trinajstić information content (AvgIpc) is 2.22. The monoisotopic (exact) mass is 210 g/mol. The van der Waals surface area contributed by atoms with Crippen molar-refractivity contribution in [2.24, 2.45) is 5.73 Å². The molecule has 3 nitrogen and oxygen atoms in total. The molecule has 0 fully saturated rings. The van der Waals surface area contributed by atoms with Crippen molar-refractivity contribution in [2.45, 2.75) is 25.3 Å². The van der Waals surface area contributed by atoms with Gasteiger partial charge in [0.15, 0.2) is 0 Å². The van der Waals surface area contributed by atoms with Gasteiger partial charge in [-0.05, 0) is 18.9 Å². The molecular weight excluding hydrogens is 195 g/mol. The van der Waals surface area contributed by atoms with Crippen LogP contribution in [0.5, 0.6) is 0 Å². The van der Waals surface area contributed by atoms with Crippen molar-refractivity contribution in [2.75, 3.05) is 6.54 Å². The van der Waals surface area contributed by atoms with Gasteiger partial charge in [0.2, 0.25) is 0 Å². The van der Waals surface area contributed by atoms with Gasteiger partial charge in [0.05, 0.1) is 12.3 Å². The fourth-order valence-corrected chi connectivity index (χ4v) is 1.65. The first kappa shape index (κ1) is 10.2. The summed E-state index contributed by atoms with van der Waals surface area (Å²) in [6, 6.07) is 0.243. The average molecular weight is 210 g/mol. The molecular formula is C11H15FN2O. The second-order valence-corrected chi connectivity index (χ2v) is 3.83. The van der Waals surface area contributed by atoms with Gasteiger partial charge < -0.3 is 15.8 Å². The van der Waals surface area contributed by atoms with Crippen molar-refractivity contribution in [1.82, 2.24) is 5.32 Å². The molecule has 1 atom stereocenters. The highest BCUT2D eigenvalue weighted by atomic mass is 19.1. The topological polar surface area (TPSA) is 47.3 Å². The van der Waals surface area contributed by atoms with Gasteiger partial charge in [0.1, 0.15) is 11.6 Å². The van der Waals surface area contributed by atoms with E-state index in [1.54, 1.807) is 0 Å². The number of nitrogens with one attached hydrogen (secondary N) is 1. The molecule has 0 bridgehead atoms. The van der Waals surface area contributed by atoms with Crippen molar-refractivity contribution < 1.29 is 9.13 Å². The molecule has 0 spiro atoms. The summed E-state index contributed by atoms with van der Waals surface area (Å²) in [5.74, 6) is 1.22. The first-order valence-electron chi connectivity index (χ1n) is 5.16. The number of halogens is 1. The van der Waals surface area contributed by atoms with Gasteiger partial charge in [-0.1, -0.05) is 0 Å². The Kier molecular flexibility index (Phi) is 3.06. The summed E-state index contributed by atoms with van der Waals surface area (Å²) in [6.07, 6.45) is 7.35. The quantitative estimate of drug-likeness (QED) is 0.729. The second kappa shape index (κ2) is 4.49. The number of allylic oxidation sites excluding steroid dienone is 3. The molecule has 1 aliphatic carbocycles. The molecule has 0 radical (unpaired) electrons. The number of ether oxygens (including phenoxy) is 1. The zero-order chi connectivity index (χ0) is 10.7. The molecule has 0 aromatic carbocycles. The van der Waals surface area contributed by atoms with Crippen LogP contribution >= 0.6 is 0 Å². The van der Waals surface area contributed by atoms with Crippen molar-refractivity contribution in [1.29, 1.82) is 0 Å². The zero-order valence-corrected chi connectivity index (χ0v) is 8.50. The Balaban J connectivity index is 1.95. The summed E-state index contributed by atoms with van der Waals surface area (Å²) in [4.78, 5) is 0. The lowest BCUT2D eigenvalue weighted by atomic mass is 10.0. The maximum absolute atomic E-state index is 12.9. The van der Waals surface area contributed by atoms with Gasteiger partial charge in [-0.25, -0.2) is 4.39 Å². The molecule has 1 aliphatic heterocycles. The van der Waals surface area contributed by atoms with E-state index < -0.39 is 0 Å². The van der Waals surface area contributed by atoms with Crippen LogP contribution in [0.1, 0.15) is 19.3 Å². The normalized spacial score (nSPS) is 26.0. The van der Waals surface area contributed by atoms with Gasteiger partial charge in [0, 0.05) is 24.7 Å². The van der Waals surface area contributed by atoms with Crippen LogP contribution in [0.3, 0.4) is 0 Å². The summed E-state index contributed by atoms with van der Waals surface area (Å²) in [5, 5.41) is 2.80. The fraction of sp³-hybridized carbons (Fsp3) is 0.455. The Hall–Kier alpha value is -1.29. The Morgan fingerprint density at radius 2 is 2.33 bits per heavy atom. The second-order valence-electron chi connectivity index (χ2n) is 3.83. The van der Waals surface area contributed by atoms with Crippen molar-refractivity contribution in [3.63, 3.8) is 0 Å². The molecule has 0 aromatic heterocycles. The molecule has 1 unspecified atom stereocenters. The van der Waals surface area contributed by atoms with E-state index in [1.165, 1.54) is 12.3 Å². The Bertz CT molecular complexity index is 333. The van der Waals surface area contributed by atoms with Crippen LogP contribution < -0.4 is 11.1 Å². The summed E-state index contributed by atoms with van der Waals surface area (Å²) in [7, 11) is 0. The van der Waals surface area contributed by atoms with Gasteiger partial charge in [-0.3, -0.25) is 0 Å².